The Morgan fingerprint density at radius 1 is 0.944 bits per heavy atom. The molecule has 87 valence electrons. The van der Waals surface area contributed by atoms with Gasteiger partial charge in [-0.15, -0.1) is 0 Å². The van der Waals surface area contributed by atoms with Crippen LogP contribution in [0.2, 0.25) is 0 Å². The Bertz CT molecular complexity index is 643. The number of benzene rings is 2. The van der Waals surface area contributed by atoms with Crippen molar-refractivity contribution < 1.29 is 15.0 Å². The van der Waals surface area contributed by atoms with E-state index in [4.69, 9.17) is 0 Å². The number of phenolic OH excluding ortho intramolecular Hbond substituents is 1. The van der Waals surface area contributed by atoms with Crippen LogP contribution in [0.25, 0.3) is 10.8 Å². The van der Waals surface area contributed by atoms with Crippen LogP contribution in [-0.4, -0.2) is 44.5 Å². The molecular weight excluding hydrogens is 251 g/mol. The molecular formula is C10H6N2NaO5. The van der Waals surface area contributed by atoms with Gasteiger partial charge in [-0.2, -0.15) is 0 Å². The van der Waals surface area contributed by atoms with Crippen molar-refractivity contribution in [3.63, 3.8) is 0 Å². The van der Waals surface area contributed by atoms with E-state index < -0.39 is 27.0 Å². The third kappa shape index (κ3) is 2.28. The van der Waals surface area contributed by atoms with E-state index in [1.807, 2.05) is 0 Å². The summed E-state index contributed by atoms with van der Waals surface area (Å²) in [5.41, 5.74) is -1.07. The van der Waals surface area contributed by atoms with Gasteiger partial charge in [0.15, 0.2) is 0 Å². The van der Waals surface area contributed by atoms with Gasteiger partial charge in [0.05, 0.1) is 21.3 Å². The molecule has 1 radical (unpaired) electrons. The predicted molar refractivity (Wildman–Crippen MR) is 64.7 cm³/mol. The fourth-order valence-electron chi connectivity index (χ4n) is 1.62. The first-order valence-corrected chi connectivity index (χ1v) is 4.56. The minimum atomic E-state index is -0.852. The maximum atomic E-state index is 10.8. The number of non-ortho nitro benzene ring substituents is 1. The number of fused-ring (bicyclic) bond motifs is 1. The average Bonchev–Trinajstić information content (AvgIpc) is 2.29. The Balaban J connectivity index is 0.00000162. The molecule has 8 heteroatoms. The molecule has 1 N–H and O–H groups in total. The van der Waals surface area contributed by atoms with Crippen molar-refractivity contribution in [3.8, 4) is 5.75 Å². The van der Waals surface area contributed by atoms with E-state index in [9.17, 15) is 25.3 Å². The number of phenols is 1. The predicted octanol–water partition coefficient (Wildman–Crippen LogP) is 1.98. The number of nitro groups is 2. The summed E-state index contributed by atoms with van der Waals surface area (Å²) in [6.45, 7) is 0. The zero-order chi connectivity index (χ0) is 12.6. The molecule has 0 aliphatic heterocycles. The van der Waals surface area contributed by atoms with E-state index in [2.05, 4.69) is 0 Å². The molecule has 18 heavy (non-hydrogen) atoms. The summed E-state index contributed by atoms with van der Waals surface area (Å²) in [6, 6.07) is 6.68. The Morgan fingerprint density at radius 2 is 1.44 bits per heavy atom. The van der Waals surface area contributed by atoms with Crippen molar-refractivity contribution in [2.75, 3.05) is 0 Å². The smallest absolute Gasteiger partial charge is 0.318 e. The van der Waals surface area contributed by atoms with E-state index in [1.54, 1.807) is 6.07 Å². The molecule has 2 aromatic carbocycles. The second kappa shape index (κ2) is 5.30. The number of nitro benzene ring substituents is 2. The molecule has 0 heterocycles. The number of hydrogen-bond acceptors (Lipinski definition) is 5. The second-order valence-corrected chi connectivity index (χ2v) is 3.32. The minimum Gasteiger partial charge on any atom is -0.502 e. The van der Waals surface area contributed by atoms with Crippen LogP contribution in [-0.2, 0) is 0 Å². The Hall–Kier alpha value is -1.70. The quantitative estimate of drug-likeness (QED) is 0.502. The summed E-state index contributed by atoms with van der Waals surface area (Å²) in [4.78, 5) is 19.9. The van der Waals surface area contributed by atoms with Gasteiger partial charge in [-0.1, -0.05) is 18.2 Å². The third-order valence-electron chi connectivity index (χ3n) is 2.37. The molecule has 0 unspecified atom stereocenters. The standard InChI is InChI=1S/C10H6N2O5.Na/c13-10-7-4-2-1-3-6(7)8(11(14)15)5-9(10)12(16)17;/h1-5,13H;. The molecule has 0 saturated carbocycles. The molecule has 2 aromatic rings. The number of rotatable bonds is 2. The molecule has 2 rings (SSSR count). The Kier molecular flexibility index (Phi) is 4.23. The van der Waals surface area contributed by atoms with E-state index >= 15 is 0 Å². The van der Waals surface area contributed by atoms with Gasteiger partial charge in [-0.05, 0) is 6.07 Å². The fraction of sp³-hybridized carbons (Fsp3) is 0. The summed E-state index contributed by atoms with van der Waals surface area (Å²) in [5, 5.41) is 31.4. The number of aromatic hydroxyl groups is 1. The summed E-state index contributed by atoms with van der Waals surface area (Å²) >= 11 is 0. The molecule has 0 saturated heterocycles. The van der Waals surface area contributed by atoms with Crippen LogP contribution in [0.15, 0.2) is 30.3 Å². The van der Waals surface area contributed by atoms with Crippen LogP contribution in [0.1, 0.15) is 0 Å². The monoisotopic (exact) mass is 257 g/mol. The van der Waals surface area contributed by atoms with Gasteiger partial charge in [0.2, 0.25) is 5.75 Å². The maximum Gasteiger partial charge on any atom is 0.318 e. The van der Waals surface area contributed by atoms with E-state index in [1.165, 1.54) is 18.2 Å². The topological polar surface area (TPSA) is 107 Å². The van der Waals surface area contributed by atoms with E-state index in [0.29, 0.717) is 0 Å². The van der Waals surface area contributed by atoms with Gasteiger partial charge in [0.25, 0.3) is 5.69 Å². The fourth-order valence-corrected chi connectivity index (χ4v) is 1.62. The molecule has 0 amide bonds. The molecule has 0 aromatic heterocycles. The van der Waals surface area contributed by atoms with Crippen LogP contribution in [0.4, 0.5) is 11.4 Å². The molecule has 0 atom stereocenters. The van der Waals surface area contributed by atoms with Crippen LogP contribution >= 0.6 is 0 Å². The molecule has 7 nitrogen and oxygen atoms in total. The maximum absolute atomic E-state index is 10.8. The van der Waals surface area contributed by atoms with Crippen LogP contribution < -0.4 is 0 Å². The van der Waals surface area contributed by atoms with Crippen molar-refractivity contribution in [2.45, 2.75) is 0 Å². The van der Waals surface area contributed by atoms with E-state index in [0.717, 1.165) is 6.07 Å². The summed E-state index contributed by atoms with van der Waals surface area (Å²) in [5.74, 6) is -0.559. The first kappa shape index (κ1) is 14.4. The Labute approximate surface area is 123 Å². The normalized spacial score (nSPS) is 9.78. The molecule has 0 aliphatic carbocycles. The zero-order valence-corrected chi connectivity index (χ0v) is 11.4. The summed E-state index contributed by atoms with van der Waals surface area (Å²) in [6.07, 6.45) is 0. The van der Waals surface area contributed by atoms with Gasteiger partial charge in [0, 0.05) is 34.9 Å². The first-order valence-electron chi connectivity index (χ1n) is 4.56. The molecule has 0 fully saturated rings. The first-order chi connectivity index (χ1) is 8.02. The number of nitrogens with zero attached hydrogens (tertiary/aromatic N) is 2. The third-order valence-corrected chi connectivity index (χ3v) is 2.37. The van der Waals surface area contributed by atoms with Crippen LogP contribution in [0.5, 0.6) is 5.75 Å². The van der Waals surface area contributed by atoms with Crippen LogP contribution in [0, 0.1) is 20.2 Å². The molecule has 0 spiro atoms. The molecule has 0 bridgehead atoms. The second-order valence-electron chi connectivity index (χ2n) is 3.32. The summed E-state index contributed by atoms with van der Waals surface area (Å²) < 4.78 is 0. The van der Waals surface area contributed by atoms with Gasteiger partial charge in [-0.3, -0.25) is 20.2 Å². The van der Waals surface area contributed by atoms with Crippen molar-refractivity contribution in [3.05, 3.63) is 50.6 Å². The average molecular weight is 257 g/mol. The van der Waals surface area contributed by atoms with E-state index in [-0.39, 0.29) is 40.3 Å². The van der Waals surface area contributed by atoms with Crippen molar-refractivity contribution in [2.24, 2.45) is 0 Å². The summed E-state index contributed by atoms with van der Waals surface area (Å²) in [7, 11) is 0. The Morgan fingerprint density at radius 3 is 1.94 bits per heavy atom. The number of hydrogen-bond donors (Lipinski definition) is 1. The van der Waals surface area contributed by atoms with Gasteiger partial charge < -0.3 is 5.11 Å². The zero-order valence-electron chi connectivity index (χ0n) is 9.36. The van der Waals surface area contributed by atoms with Gasteiger partial charge in [0.1, 0.15) is 0 Å². The minimum absolute atomic E-state index is 0. The molecule has 0 aliphatic rings. The SMILES string of the molecule is O=[N+]([O-])c1cc([N+](=O)[O-])c2ccccc2c1O.[Na]. The van der Waals surface area contributed by atoms with Crippen molar-refractivity contribution in [1.29, 1.82) is 0 Å². The van der Waals surface area contributed by atoms with Gasteiger partial charge >= 0.3 is 5.69 Å². The van der Waals surface area contributed by atoms with Crippen molar-refractivity contribution in [1.82, 2.24) is 0 Å². The van der Waals surface area contributed by atoms with Crippen LogP contribution in [0.3, 0.4) is 0 Å². The largest absolute Gasteiger partial charge is 0.502 e. The van der Waals surface area contributed by atoms with Crippen molar-refractivity contribution >= 4 is 51.7 Å². The van der Waals surface area contributed by atoms with Gasteiger partial charge in [-0.25, -0.2) is 0 Å².